The number of hydrogen-bond acceptors (Lipinski definition) is 6. The molecular weight excluding hydrogens is 409 g/mol. The van der Waals surface area contributed by atoms with E-state index in [1.165, 1.54) is 19.2 Å². The van der Waals surface area contributed by atoms with E-state index in [1.54, 1.807) is 4.90 Å². The maximum absolute atomic E-state index is 12.3. The van der Waals surface area contributed by atoms with Crippen LogP contribution < -0.4 is 9.64 Å². The van der Waals surface area contributed by atoms with Crippen LogP contribution in [0.15, 0.2) is 29.3 Å². The fourth-order valence-corrected chi connectivity index (χ4v) is 6.87. The molecule has 0 aromatic heterocycles. The molecule has 2 fully saturated rings. The van der Waals surface area contributed by atoms with Gasteiger partial charge in [-0.3, -0.25) is 4.79 Å². The molecule has 2 heterocycles. The third kappa shape index (κ3) is 4.74. The van der Waals surface area contributed by atoms with Crippen molar-refractivity contribution >= 4 is 38.4 Å². The highest BCUT2D eigenvalue weighted by atomic mass is 32.2. The molecule has 0 spiro atoms. The second-order valence-corrected chi connectivity index (χ2v) is 9.29. The summed E-state index contributed by atoms with van der Waals surface area (Å²) in [4.78, 5) is 17.4. The van der Waals surface area contributed by atoms with Crippen molar-refractivity contribution in [3.8, 4) is 5.75 Å². The Morgan fingerprint density at radius 3 is 2.56 bits per heavy atom. The second-order valence-electron chi connectivity index (χ2n) is 5.93. The van der Waals surface area contributed by atoms with E-state index in [1.807, 2.05) is 0 Å². The lowest BCUT2D eigenvalue weighted by Crippen LogP contribution is -2.37. The summed E-state index contributed by atoms with van der Waals surface area (Å²) < 4.78 is 69.4. The lowest BCUT2D eigenvalue weighted by molar-refractivity contribution is -0.274. The Balaban J connectivity index is 1.91. The zero-order chi connectivity index (χ0) is 19.8. The number of nitrogens with zero attached hydrogens (tertiary/aromatic N) is 2. The van der Waals surface area contributed by atoms with Crippen LogP contribution in [0.5, 0.6) is 5.75 Å². The van der Waals surface area contributed by atoms with Crippen LogP contribution in [0.1, 0.15) is 0 Å². The number of aliphatic imine (C=N–C) groups is 1. The van der Waals surface area contributed by atoms with Gasteiger partial charge in [0.15, 0.2) is 15.0 Å². The van der Waals surface area contributed by atoms with Crippen molar-refractivity contribution in [1.29, 1.82) is 0 Å². The van der Waals surface area contributed by atoms with E-state index < -0.39 is 33.9 Å². The Hall–Kier alpha value is -1.79. The van der Waals surface area contributed by atoms with Crippen molar-refractivity contribution in [2.45, 2.75) is 17.7 Å². The van der Waals surface area contributed by atoms with Crippen LogP contribution in [0, 0.1) is 0 Å². The standard InChI is InChI=1S/C15H15F3N2O5S2/c1-24-6-13(21)19-14-20(11-7-27(22,23)8-12(11)26-14)9-2-4-10(5-3-9)25-15(16,17)18/h2-5,11-12H,6-8H2,1H3/t11-,12-/m1/s1. The van der Waals surface area contributed by atoms with Gasteiger partial charge in [-0.25, -0.2) is 8.42 Å². The lowest BCUT2D eigenvalue weighted by Gasteiger charge is -2.24. The van der Waals surface area contributed by atoms with Crippen molar-refractivity contribution in [3.05, 3.63) is 24.3 Å². The van der Waals surface area contributed by atoms with Gasteiger partial charge in [0, 0.05) is 18.0 Å². The number of amidine groups is 1. The maximum Gasteiger partial charge on any atom is 0.573 e. The summed E-state index contributed by atoms with van der Waals surface area (Å²) in [5, 5.41) is -0.0124. The molecule has 0 radical (unpaired) electrons. The number of carbonyl (C=O) groups is 1. The number of ether oxygens (including phenoxy) is 2. The van der Waals surface area contributed by atoms with Gasteiger partial charge in [0.1, 0.15) is 12.4 Å². The van der Waals surface area contributed by atoms with Crippen LogP contribution in [0.4, 0.5) is 18.9 Å². The van der Waals surface area contributed by atoms with Gasteiger partial charge in [-0.05, 0) is 24.3 Å². The smallest absolute Gasteiger partial charge is 0.406 e. The summed E-state index contributed by atoms with van der Waals surface area (Å²) >= 11 is 1.16. The number of thioether (sulfide) groups is 1. The van der Waals surface area contributed by atoms with E-state index in [4.69, 9.17) is 4.74 Å². The van der Waals surface area contributed by atoms with Gasteiger partial charge in [0.25, 0.3) is 5.91 Å². The summed E-state index contributed by atoms with van der Waals surface area (Å²) in [6.45, 7) is -0.232. The molecule has 1 aromatic rings. The molecule has 148 valence electrons. The SMILES string of the molecule is COCC(=O)N=C1S[C@@H]2CS(=O)(=O)C[C@H]2N1c1ccc(OC(F)(F)F)cc1. The van der Waals surface area contributed by atoms with Gasteiger partial charge in [0.05, 0.1) is 17.5 Å². The third-order valence-electron chi connectivity index (χ3n) is 3.90. The number of anilines is 1. The third-order valence-corrected chi connectivity index (χ3v) is 7.11. The topological polar surface area (TPSA) is 85.3 Å². The number of carbonyl (C=O) groups excluding carboxylic acids is 1. The number of benzene rings is 1. The zero-order valence-corrected chi connectivity index (χ0v) is 15.6. The Morgan fingerprint density at radius 1 is 1.30 bits per heavy atom. The second kappa shape index (κ2) is 7.32. The highest BCUT2D eigenvalue weighted by Crippen LogP contribution is 2.41. The first kappa shape index (κ1) is 20.0. The Morgan fingerprint density at radius 2 is 1.96 bits per heavy atom. The van der Waals surface area contributed by atoms with Gasteiger partial charge in [-0.15, -0.1) is 13.2 Å². The molecule has 2 aliphatic rings. The molecule has 1 aromatic carbocycles. The first-order valence-electron chi connectivity index (χ1n) is 7.70. The number of methoxy groups -OCH3 is 1. The van der Waals surface area contributed by atoms with Gasteiger partial charge in [0.2, 0.25) is 0 Å². The van der Waals surface area contributed by atoms with E-state index in [0.29, 0.717) is 10.9 Å². The highest BCUT2D eigenvalue weighted by Gasteiger charge is 2.49. The van der Waals surface area contributed by atoms with E-state index >= 15 is 0 Å². The minimum Gasteiger partial charge on any atom is -0.406 e. The summed E-state index contributed by atoms with van der Waals surface area (Å²) in [5.41, 5.74) is 0.422. The van der Waals surface area contributed by atoms with Crippen LogP contribution in [0.25, 0.3) is 0 Å². The fraction of sp³-hybridized carbons (Fsp3) is 0.467. The Labute approximate surface area is 157 Å². The molecule has 27 heavy (non-hydrogen) atoms. The van der Waals surface area contributed by atoms with Gasteiger partial charge >= 0.3 is 6.36 Å². The van der Waals surface area contributed by atoms with Crippen molar-refractivity contribution in [3.63, 3.8) is 0 Å². The molecule has 0 aliphatic carbocycles. The monoisotopic (exact) mass is 424 g/mol. The van der Waals surface area contributed by atoms with E-state index in [9.17, 15) is 26.4 Å². The number of rotatable bonds is 4. The predicted molar refractivity (Wildman–Crippen MR) is 93.7 cm³/mol. The molecule has 7 nitrogen and oxygen atoms in total. The van der Waals surface area contributed by atoms with Gasteiger partial charge < -0.3 is 14.4 Å². The molecule has 0 bridgehead atoms. The molecule has 0 saturated carbocycles. The molecular formula is C15H15F3N2O5S2. The number of hydrogen-bond donors (Lipinski definition) is 0. The van der Waals surface area contributed by atoms with E-state index in [2.05, 4.69) is 9.73 Å². The number of sulfone groups is 1. The average Bonchev–Trinajstić information content (AvgIpc) is 2.98. The summed E-state index contributed by atoms with van der Waals surface area (Å²) in [6.07, 6.45) is -4.81. The molecule has 3 rings (SSSR count). The number of alkyl halides is 3. The van der Waals surface area contributed by atoms with Crippen molar-refractivity contribution in [2.24, 2.45) is 4.99 Å². The van der Waals surface area contributed by atoms with Crippen LogP contribution in [-0.2, 0) is 19.4 Å². The minimum absolute atomic E-state index is 0.0500. The van der Waals surface area contributed by atoms with Crippen LogP contribution in [0.2, 0.25) is 0 Å². The summed E-state index contributed by atoms with van der Waals surface area (Å²) in [6, 6.07) is 4.53. The first-order valence-corrected chi connectivity index (χ1v) is 10.4. The van der Waals surface area contributed by atoms with Crippen LogP contribution in [0.3, 0.4) is 0 Å². The Bertz CT molecular complexity index is 855. The maximum atomic E-state index is 12.3. The molecule has 2 saturated heterocycles. The lowest BCUT2D eigenvalue weighted by atomic mass is 10.2. The van der Waals surface area contributed by atoms with Crippen molar-refractivity contribution < 1.29 is 35.9 Å². The number of fused-ring (bicyclic) bond motifs is 1. The van der Waals surface area contributed by atoms with E-state index in [0.717, 1.165) is 23.9 Å². The molecule has 2 atom stereocenters. The molecule has 1 amide bonds. The summed E-state index contributed by atoms with van der Waals surface area (Å²) in [7, 11) is -1.90. The minimum atomic E-state index is -4.81. The molecule has 0 N–H and O–H groups in total. The van der Waals surface area contributed by atoms with E-state index in [-0.39, 0.29) is 23.4 Å². The molecule has 12 heteroatoms. The van der Waals surface area contributed by atoms with Crippen LogP contribution in [-0.4, -0.2) is 62.4 Å². The normalized spacial score (nSPS) is 25.6. The average molecular weight is 424 g/mol. The van der Waals surface area contributed by atoms with Crippen molar-refractivity contribution in [2.75, 3.05) is 30.1 Å². The number of halogens is 3. The van der Waals surface area contributed by atoms with Gasteiger partial charge in [-0.2, -0.15) is 4.99 Å². The molecule has 0 unspecified atom stereocenters. The molecule has 2 aliphatic heterocycles. The highest BCUT2D eigenvalue weighted by molar-refractivity contribution is 8.16. The number of amides is 1. The summed E-state index contributed by atoms with van der Waals surface area (Å²) in [5.74, 6) is -1.11. The quantitative estimate of drug-likeness (QED) is 0.729. The first-order chi connectivity index (χ1) is 12.6. The fourth-order valence-electron chi connectivity index (χ4n) is 2.94. The largest absolute Gasteiger partial charge is 0.573 e. The zero-order valence-electron chi connectivity index (χ0n) is 14.0. The van der Waals surface area contributed by atoms with Crippen LogP contribution >= 0.6 is 11.8 Å². The predicted octanol–water partition coefficient (Wildman–Crippen LogP) is 1.83. The Kier molecular flexibility index (Phi) is 5.41. The van der Waals surface area contributed by atoms with Gasteiger partial charge in [-0.1, -0.05) is 11.8 Å². The van der Waals surface area contributed by atoms with Crippen molar-refractivity contribution in [1.82, 2.24) is 0 Å².